The van der Waals surface area contributed by atoms with Gasteiger partial charge in [0.25, 0.3) is 5.69 Å². The summed E-state index contributed by atoms with van der Waals surface area (Å²) in [6.07, 6.45) is 0. The Labute approximate surface area is 93.6 Å². The summed E-state index contributed by atoms with van der Waals surface area (Å²) in [5.74, 6) is -0.229. The van der Waals surface area contributed by atoms with Crippen LogP contribution in [0, 0.1) is 5.21 Å². The molecule has 1 aromatic carbocycles. The van der Waals surface area contributed by atoms with Crippen LogP contribution < -0.4 is 4.73 Å². The monoisotopic (exact) mass is 213 g/mol. The summed E-state index contributed by atoms with van der Waals surface area (Å²) in [5, 5.41) is 11.9. The van der Waals surface area contributed by atoms with Gasteiger partial charge >= 0.3 is 0 Å². The van der Waals surface area contributed by atoms with Crippen molar-refractivity contribution in [2.24, 2.45) is 0 Å². The number of Topliss-reactive ketones (excluding diaryl/α,β-unsaturated/α-hetero) is 1. The average Bonchev–Trinajstić information content (AvgIpc) is 2.30. The largest absolute Gasteiger partial charge is 0.618 e. The molecule has 0 saturated heterocycles. The van der Waals surface area contributed by atoms with E-state index in [-0.39, 0.29) is 11.5 Å². The third kappa shape index (κ3) is 1.80. The Morgan fingerprint density at radius 3 is 2.38 bits per heavy atom. The summed E-state index contributed by atoms with van der Waals surface area (Å²) in [5.41, 5.74) is 1.47. The van der Waals surface area contributed by atoms with Gasteiger partial charge in [0, 0.05) is 24.6 Å². The Morgan fingerprint density at radius 2 is 1.75 bits per heavy atom. The highest BCUT2D eigenvalue weighted by Gasteiger charge is 2.15. The van der Waals surface area contributed by atoms with E-state index in [1.807, 2.05) is 30.3 Å². The van der Waals surface area contributed by atoms with Crippen molar-refractivity contribution in [3.05, 3.63) is 59.4 Å². The van der Waals surface area contributed by atoms with Crippen molar-refractivity contribution >= 4 is 5.78 Å². The highest BCUT2D eigenvalue weighted by Crippen LogP contribution is 2.14. The molecule has 0 bridgehead atoms. The number of nitrogens with zero attached hydrogens (tertiary/aromatic N) is 1. The van der Waals surface area contributed by atoms with E-state index in [1.165, 1.54) is 13.0 Å². The molecule has 3 heteroatoms. The number of aromatic nitrogens is 1. The fourth-order valence-corrected chi connectivity index (χ4v) is 1.58. The Hall–Kier alpha value is -2.16. The summed E-state index contributed by atoms with van der Waals surface area (Å²) in [7, 11) is 0. The Kier molecular flexibility index (Phi) is 2.68. The fraction of sp³-hybridized carbons (Fsp3) is 0.0769. The summed E-state index contributed by atoms with van der Waals surface area (Å²) in [4.78, 5) is 11.2. The fourth-order valence-electron chi connectivity index (χ4n) is 1.58. The Morgan fingerprint density at radius 1 is 1.06 bits per heavy atom. The molecule has 80 valence electrons. The standard InChI is InChI=1S/C13H11NO2/c1-10(15)12-8-5-9-13(14(12)16)11-6-3-2-4-7-11/h2-9H,1H3. The van der Waals surface area contributed by atoms with Gasteiger partial charge in [0.05, 0.1) is 0 Å². The van der Waals surface area contributed by atoms with Crippen LogP contribution >= 0.6 is 0 Å². The van der Waals surface area contributed by atoms with Gasteiger partial charge in [-0.25, -0.2) is 0 Å². The molecular formula is C13H11NO2. The molecule has 0 spiro atoms. The predicted octanol–water partition coefficient (Wildman–Crippen LogP) is 2.19. The van der Waals surface area contributed by atoms with Crippen LogP contribution in [0.1, 0.15) is 17.4 Å². The lowest BCUT2D eigenvalue weighted by molar-refractivity contribution is -0.595. The average molecular weight is 213 g/mol. The first kappa shape index (κ1) is 10.4. The Bertz CT molecular complexity index is 521. The third-order valence-electron chi connectivity index (χ3n) is 2.38. The molecule has 0 N–H and O–H groups in total. The quantitative estimate of drug-likeness (QED) is 0.436. The summed E-state index contributed by atoms with van der Waals surface area (Å²) < 4.78 is 0.678. The second-order valence-corrected chi connectivity index (χ2v) is 3.51. The zero-order valence-corrected chi connectivity index (χ0v) is 8.88. The van der Waals surface area contributed by atoms with Gasteiger partial charge in [-0.1, -0.05) is 18.2 Å². The van der Waals surface area contributed by atoms with Crippen LogP contribution in [-0.2, 0) is 0 Å². The van der Waals surface area contributed by atoms with Gasteiger partial charge in [0.1, 0.15) is 0 Å². The van der Waals surface area contributed by atoms with E-state index >= 15 is 0 Å². The van der Waals surface area contributed by atoms with Crippen LogP contribution in [0.3, 0.4) is 0 Å². The highest BCUT2D eigenvalue weighted by atomic mass is 16.5. The van der Waals surface area contributed by atoms with Crippen molar-refractivity contribution in [1.29, 1.82) is 0 Å². The molecule has 1 heterocycles. The second-order valence-electron chi connectivity index (χ2n) is 3.51. The van der Waals surface area contributed by atoms with Gasteiger partial charge in [-0.05, 0) is 18.2 Å². The number of rotatable bonds is 2. The van der Waals surface area contributed by atoms with Crippen molar-refractivity contribution in [1.82, 2.24) is 0 Å². The molecule has 0 aliphatic rings. The highest BCUT2D eigenvalue weighted by molar-refractivity contribution is 5.90. The SMILES string of the molecule is CC(=O)c1cccc(-c2ccccc2)[n+]1[O-]. The van der Waals surface area contributed by atoms with Crippen LogP contribution in [0.4, 0.5) is 0 Å². The maximum absolute atomic E-state index is 11.9. The number of hydrogen-bond donors (Lipinski definition) is 0. The smallest absolute Gasteiger partial charge is 0.260 e. The van der Waals surface area contributed by atoms with Crippen LogP contribution in [-0.4, -0.2) is 5.78 Å². The van der Waals surface area contributed by atoms with Crippen molar-refractivity contribution < 1.29 is 9.52 Å². The lowest BCUT2D eigenvalue weighted by Gasteiger charge is -2.06. The van der Waals surface area contributed by atoms with Crippen LogP contribution in [0.5, 0.6) is 0 Å². The molecule has 0 radical (unpaired) electrons. The van der Waals surface area contributed by atoms with Crippen molar-refractivity contribution in [2.75, 3.05) is 0 Å². The zero-order chi connectivity index (χ0) is 11.5. The molecule has 2 aromatic rings. The minimum Gasteiger partial charge on any atom is -0.618 e. The lowest BCUT2D eigenvalue weighted by Crippen LogP contribution is -2.36. The summed E-state index contributed by atoms with van der Waals surface area (Å²) in [6.45, 7) is 1.39. The maximum Gasteiger partial charge on any atom is 0.260 e. The maximum atomic E-state index is 11.9. The number of carbonyl (C=O) groups is 1. The van der Waals surface area contributed by atoms with Gasteiger partial charge in [-0.15, -0.1) is 0 Å². The van der Waals surface area contributed by atoms with Gasteiger partial charge in [0.15, 0.2) is 0 Å². The third-order valence-corrected chi connectivity index (χ3v) is 2.38. The van der Waals surface area contributed by atoms with E-state index in [4.69, 9.17) is 0 Å². The molecule has 0 aliphatic carbocycles. The topological polar surface area (TPSA) is 44.0 Å². The van der Waals surface area contributed by atoms with Gasteiger partial charge in [-0.3, -0.25) is 4.79 Å². The zero-order valence-electron chi connectivity index (χ0n) is 8.88. The molecule has 0 saturated carbocycles. The molecular weight excluding hydrogens is 202 g/mol. The predicted molar refractivity (Wildman–Crippen MR) is 60.8 cm³/mol. The summed E-state index contributed by atoms with van der Waals surface area (Å²) >= 11 is 0. The first-order chi connectivity index (χ1) is 7.70. The van der Waals surface area contributed by atoms with Crippen molar-refractivity contribution in [3.63, 3.8) is 0 Å². The van der Waals surface area contributed by atoms with Crippen molar-refractivity contribution in [3.8, 4) is 11.3 Å². The van der Waals surface area contributed by atoms with Crippen LogP contribution in [0.25, 0.3) is 11.3 Å². The van der Waals surface area contributed by atoms with Gasteiger partial charge in [0.2, 0.25) is 11.5 Å². The molecule has 0 unspecified atom stereocenters. The van der Waals surface area contributed by atoms with E-state index < -0.39 is 0 Å². The van der Waals surface area contributed by atoms with E-state index in [1.54, 1.807) is 12.1 Å². The van der Waals surface area contributed by atoms with Crippen LogP contribution in [0.2, 0.25) is 0 Å². The van der Waals surface area contributed by atoms with Gasteiger partial charge in [-0.2, -0.15) is 4.73 Å². The lowest BCUT2D eigenvalue weighted by atomic mass is 10.1. The molecule has 0 aliphatic heterocycles. The van der Waals surface area contributed by atoms with E-state index in [9.17, 15) is 10.0 Å². The number of ketones is 1. The normalized spacial score (nSPS) is 10.1. The van der Waals surface area contributed by atoms with Crippen molar-refractivity contribution in [2.45, 2.75) is 6.92 Å². The minimum absolute atomic E-state index is 0.168. The molecule has 0 fully saturated rings. The number of carbonyl (C=O) groups excluding carboxylic acids is 1. The molecule has 0 atom stereocenters. The number of pyridine rings is 1. The van der Waals surface area contributed by atoms with E-state index in [0.29, 0.717) is 10.4 Å². The second kappa shape index (κ2) is 4.14. The molecule has 2 rings (SSSR count). The molecule has 3 nitrogen and oxygen atoms in total. The number of hydrogen-bond acceptors (Lipinski definition) is 2. The van der Waals surface area contributed by atoms with Gasteiger partial charge < -0.3 is 5.21 Å². The minimum atomic E-state index is -0.229. The molecule has 16 heavy (non-hydrogen) atoms. The van der Waals surface area contributed by atoms with E-state index in [0.717, 1.165) is 5.56 Å². The summed E-state index contributed by atoms with van der Waals surface area (Å²) in [6, 6.07) is 14.2. The number of benzene rings is 1. The Balaban J connectivity index is 2.59. The first-order valence-electron chi connectivity index (χ1n) is 4.99. The van der Waals surface area contributed by atoms with E-state index in [2.05, 4.69) is 0 Å². The molecule has 1 aromatic heterocycles. The molecule has 0 amide bonds. The first-order valence-corrected chi connectivity index (χ1v) is 4.99. The van der Waals surface area contributed by atoms with Crippen LogP contribution in [0.15, 0.2) is 48.5 Å².